The van der Waals surface area contributed by atoms with E-state index >= 15 is 0 Å². The average molecular weight is 360 g/mol. The molecule has 0 spiro atoms. The zero-order valence-electron chi connectivity index (χ0n) is 13.5. The zero-order valence-corrected chi connectivity index (χ0v) is 14.3. The highest BCUT2D eigenvalue weighted by Crippen LogP contribution is 2.27. The Morgan fingerprint density at radius 1 is 1.28 bits per heavy atom. The van der Waals surface area contributed by atoms with Crippen LogP contribution in [-0.4, -0.2) is 16.0 Å². The summed E-state index contributed by atoms with van der Waals surface area (Å²) >= 11 is 5.98. The highest BCUT2D eigenvalue weighted by molar-refractivity contribution is 6.34. The maximum Gasteiger partial charge on any atom is 0.271 e. The minimum atomic E-state index is -0.552. The lowest BCUT2D eigenvalue weighted by atomic mass is 10.1. The third kappa shape index (κ3) is 3.46. The van der Waals surface area contributed by atoms with Crippen molar-refractivity contribution in [1.82, 2.24) is 5.16 Å². The third-order valence-electron chi connectivity index (χ3n) is 3.93. The van der Waals surface area contributed by atoms with E-state index in [1.54, 1.807) is 0 Å². The lowest BCUT2D eigenvalue weighted by Crippen LogP contribution is -2.15. The molecule has 0 bridgehead atoms. The van der Waals surface area contributed by atoms with Crippen molar-refractivity contribution in [3.8, 4) is 0 Å². The number of aromatic nitrogens is 1. The van der Waals surface area contributed by atoms with Gasteiger partial charge in [0.2, 0.25) is 5.91 Å². The van der Waals surface area contributed by atoms with Crippen molar-refractivity contribution in [2.75, 3.05) is 5.32 Å². The van der Waals surface area contributed by atoms with Crippen LogP contribution in [0.1, 0.15) is 16.8 Å². The van der Waals surface area contributed by atoms with E-state index in [-0.39, 0.29) is 23.0 Å². The number of rotatable bonds is 4. The Kier molecular flexibility index (Phi) is 4.41. The standard InChI is InChI=1S/C17H14ClN3O4/c1-9-5-12-15(20-25-16(12)6-10(9)2)8-17(22)19-14-4-3-11(21(23)24)7-13(14)18/h3-7H,8H2,1-2H3,(H,19,22). The van der Waals surface area contributed by atoms with Gasteiger partial charge in [-0.25, -0.2) is 0 Å². The molecule has 0 aliphatic rings. The number of nitro groups is 1. The molecule has 0 aliphatic heterocycles. The highest BCUT2D eigenvalue weighted by Gasteiger charge is 2.16. The SMILES string of the molecule is Cc1cc2onc(CC(=O)Nc3ccc([N+](=O)[O-])cc3Cl)c2cc1C. The second kappa shape index (κ2) is 6.52. The van der Waals surface area contributed by atoms with E-state index in [1.807, 2.05) is 26.0 Å². The minimum Gasteiger partial charge on any atom is -0.356 e. The van der Waals surface area contributed by atoms with Gasteiger partial charge in [0.25, 0.3) is 5.69 Å². The number of hydrogen-bond acceptors (Lipinski definition) is 5. The van der Waals surface area contributed by atoms with E-state index < -0.39 is 4.92 Å². The number of fused-ring (bicyclic) bond motifs is 1. The topological polar surface area (TPSA) is 98.3 Å². The van der Waals surface area contributed by atoms with Crippen molar-refractivity contribution in [3.05, 3.63) is 62.3 Å². The number of hydrogen-bond donors (Lipinski definition) is 1. The first-order valence-electron chi connectivity index (χ1n) is 7.44. The molecule has 1 heterocycles. The van der Waals surface area contributed by atoms with Crippen LogP contribution in [0.4, 0.5) is 11.4 Å². The van der Waals surface area contributed by atoms with E-state index in [9.17, 15) is 14.9 Å². The Balaban J connectivity index is 1.79. The van der Waals surface area contributed by atoms with Gasteiger partial charge in [-0.1, -0.05) is 16.8 Å². The van der Waals surface area contributed by atoms with Crippen LogP contribution in [0.3, 0.4) is 0 Å². The van der Waals surface area contributed by atoms with Crippen LogP contribution in [0.25, 0.3) is 11.0 Å². The molecule has 0 aliphatic carbocycles. The molecule has 3 rings (SSSR count). The maximum absolute atomic E-state index is 12.3. The van der Waals surface area contributed by atoms with Crippen LogP contribution < -0.4 is 5.32 Å². The summed E-state index contributed by atoms with van der Waals surface area (Å²) in [7, 11) is 0. The lowest BCUT2D eigenvalue weighted by Gasteiger charge is -2.06. The molecule has 3 aromatic rings. The normalized spacial score (nSPS) is 10.8. The van der Waals surface area contributed by atoms with Crippen LogP contribution in [-0.2, 0) is 11.2 Å². The number of nitrogens with zero attached hydrogens (tertiary/aromatic N) is 2. The van der Waals surface area contributed by atoms with Crippen LogP contribution >= 0.6 is 11.6 Å². The third-order valence-corrected chi connectivity index (χ3v) is 4.24. The van der Waals surface area contributed by atoms with Crippen LogP contribution in [0.15, 0.2) is 34.9 Å². The van der Waals surface area contributed by atoms with Gasteiger partial charge in [-0.2, -0.15) is 0 Å². The second-order valence-corrected chi connectivity index (χ2v) is 6.12. The Morgan fingerprint density at radius 2 is 2.00 bits per heavy atom. The number of non-ortho nitro benzene ring substituents is 1. The number of carbonyl (C=O) groups is 1. The number of nitro benzene ring substituents is 1. The minimum absolute atomic E-state index is 0.00280. The molecule has 1 aromatic heterocycles. The van der Waals surface area contributed by atoms with Gasteiger partial charge >= 0.3 is 0 Å². The fourth-order valence-corrected chi connectivity index (χ4v) is 2.66. The molecule has 8 heteroatoms. The Morgan fingerprint density at radius 3 is 2.68 bits per heavy atom. The first kappa shape index (κ1) is 16.9. The van der Waals surface area contributed by atoms with Crippen molar-refractivity contribution in [3.63, 3.8) is 0 Å². The molecule has 0 saturated heterocycles. The first-order chi connectivity index (χ1) is 11.8. The lowest BCUT2D eigenvalue weighted by molar-refractivity contribution is -0.384. The number of halogens is 1. The van der Waals surface area contributed by atoms with Gasteiger partial charge in [0, 0.05) is 17.5 Å². The van der Waals surface area contributed by atoms with Gasteiger partial charge in [0.15, 0.2) is 5.58 Å². The van der Waals surface area contributed by atoms with Gasteiger partial charge in [0.05, 0.1) is 22.1 Å². The Labute approximate surface area is 147 Å². The van der Waals surface area contributed by atoms with Crippen molar-refractivity contribution in [2.45, 2.75) is 20.3 Å². The summed E-state index contributed by atoms with van der Waals surface area (Å²) in [6, 6.07) is 7.68. The van der Waals surface area contributed by atoms with Gasteiger partial charge in [-0.15, -0.1) is 0 Å². The molecule has 0 radical (unpaired) electrons. The number of nitrogens with one attached hydrogen (secondary N) is 1. The Hall–Kier alpha value is -2.93. The van der Waals surface area contributed by atoms with Crippen LogP contribution in [0.5, 0.6) is 0 Å². The molecule has 0 fully saturated rings. The van der Waals surface area contributed by atoms with Crippen molar-refractivity contribution < 1.29 is 14.2 Å². The van der Waals surface area contributed by atoms with Crippen LogP contribution in [0.2, 0.25) is 5.02 Å². The summed E-state index contributed by atoms with van der Waals surface area (Å²) in [5.41, 5.74) is 3.47. The van der Waals surface area contributed by atoms with E-state index in [1.165, 1.54) is 18.2 Å². The summed E-state index contributed by atoms with van der Waals surface area (Å²) in [6.07, 6.45) is 0.00280. The van der Waals surface area contributed by atoms with Gasteiger partial charge in [-0.3, -0.25) is 14.9 Å². The van der Waals surface area contributed by atoms with E-state index in [0.717, 1.165) is 16.5 Å². The van der Waals surface area contributed by atoms with Crippen molar-refractivity contribution >= 4 is 39.9 Å². The van der Waals surface area contributed by atoms with E-state index in [2.05, 4.69) is 10.5 Å². The quantitative estimate of drug-likeness (QED) is 0.556. The molecule has 25 heavy (non-hydrogen) atoms. The smallest absolute Gasteiger partial charge is 0.271 e. The largest absolute Gasteiger partial charge is 0.356 e. The van der Waals surface area contributed by atoms with E-state index in [4.69, 9.17) is 16.1 Å². The van der Waals surface area contributed by atoms with E-state index in [0.29, 0.717) is 17.0 Å². The number of benzene rings is 2. The predicted molar refractivity (Wildman–Crippen MR) is 93.9 cm³/mol. The number of aryl methyl sites for hydroxylation is 2. The van der Waals surface area contributed by atoms with Gasteiger partial charge < -0.3 is 9.84 Å². The fraction of sp³-hybridized carbons (Fsp3) is 0.176. The molecule has 0 saturated carbocycles. The first-order valence-corrected chi connectivity index (χ1v) is 7.82. The second-order valence-electron chi connectivity index (χ2n) is 5.71. The summed E-state index contributed by atoms with van der Waals surface area (Å²) in [5.74, 6) is -0.343. The number of carbonyl (C=O) groups excluding carboxylic acids is 1. The monoisotopic (exact) mass is 359 g/mol. The summed E-state index contributed by atoms with van der Waals surface area (Å²) in [4.78, 5) is 22.4. The predicted octanol–water partition coefficient (Wildman–Crippen LogP) is 4.19. The highest BCUT2D eigenvalue weighted by atomic mass is 35.5. The van der Waals surface area contributed by atoms with Crippen molar-refractivity contribution in [2.24, 2.45) is 0 Å². The molecule has 128 valence electrons. The molecule has 7 nitrogen and oxygen atoms in total. The molecule has 1 N–H and O–H groups in total. The molecule has 0 atom stereocenters. The molecule has 0 unspecified atom stereocenters. The molecular weight excluding hydrogens is 346 g/mol. The molecular formula is C17H14ClN3O4. The fourth-order valence-electron chi connectivity index (χ4n) is 2.44. The number of amides is 1. The molecule has 2 aromatic carbocycles. The van der Waals surface area contributed by atoms with Gasteiger partial charge in [0.1, 0.15) is 5.69 Å². The Bertz CT molecular complexity index is 997. The number of anilines is 1. The summed E-state index contributed by atoms with van der Waals surface area (Å²) in [6.45, 7) is 3.95. The molecule has 1 amide bonds. The van der Waals surface area contributed by atoms with Crippen LogP contribution in [0, 0.1) is 24.0 Å². The maximum atomic E-state index is 12.3. The summed E-state index contributed by atoms with van der Waals surface area (Å²) in [5, 5.41) is 18.2. The average Bonchev–Trinajstić information content (AvgIpc) is 2.91. The van der Waals surface area contributed by atoms with Crippen molar-refractivity contribution in [1.29, 1.82) is 0 Å². The summed E-state index contributed by atoms with van der Waals surface area (Å²) < 4.78 is 5.27. The van der Waals surface area contributed by atoms with Gasteiger partial charge in [-0.05, 0) is 43.2 Å². The zero-order chi connectivity index (χ0) is 18.1.